The molecule has 1 rings (SSSR count). The van der Waals surface area contributed by atoms with Crippen LogP contribution in [0.2, 0.25) is 0 Å². The molecule has 1 aromatic heterocycles. The Balaban J connectivity index is 2.98. The maximum Gasteiger partial charge on any atom is 0.128 e. The molecule has 0 saturated carbocycles. The van der Waals surface area contributed by atoms with E-state index in [0.717, 1.165) is 44.6 Å². The van der Waals surface area contributed by atoms with E-state index in [4.69, 9.17) is 0 Å². The quantitative estimate of drug-likeness (QED) is 0.737. The predicted octanol–water partition coefficient (Wildman–Crippen LogP) is 2.32. The Morgan fingerprint density at radius 3 is 1.88 bits per heavy atom. The molecule has 1 N–H and O–H groups in total. The van der Waals surface area contributed by atoms with E-state index in [1.54, 1.807) is 0 Å². The van der Waals surface area contributed by atoms with Crippen molar-refractivity contribution in [2.45, 2.75) is 53.4 Å². The van der Waals surface area contributed by atoms with Crippen LogP contribution in [0.1, 0.15) is 50.5 Å². The fraction of sp³-hybridized carbons (Fsp3) is 0.714. The van der Waals surface area contributed by atoms with Gasteiger partial charge in [-0.25, -0.2) is 9.97 Å². The van der Waals surface area contributed by atoms with Crippen molar-refractivity contribution in [1.82, 2.24) is 15.3 Å². The van der Waals surface area contributed by atoms with Crippen LogP contribution in [0.15, 0.2) is 0 Å². The van der Waals surface area contributed by atoms with Gasteiger partial charge in [0.2, 0.25) is 0 Å². The van der Waals surface area contributed by atoms with E-state index in [0.29, 0.717) is 0 Å². The minimum absolute atomic E-state index is 0.924. The molecular weight excluding hydrogens is 210 g/mol. The fourth-order valence-electron chi connectivity index (χ4n) is 2.06. The molecule has 0 aliphatic rings. The first-order chi connectivity index (χ1) is 8.26. The molecule has 1 heterocycles. The van der Waals surface area contributed by atoms with Crippen LogP contribution in [-0.2, 0) is 25.7 Å². The van der Waals surface area contributed by atoms with Crippen LogP contribution in [-0.4, -0.2) is 23.1 Å². The van der Waals surface area contributed by atoms with Crippen molar-refractivity contribution < 1.29 is 0 Å². The second kappa shape index (κ2) is 7.38. The van der Waals surface area contributed by atoms with Gasteiger partial charge in [-0.3, -0.25) is 0 Å². The Bertz CT molecular complexity index is 322. The van der Waals surface area contributed by atoms with E-state index in [2.05, 4.69) is 43.0 Å². The SMILES string of the molecule is CCNCCc1c(CC)nc(CC)nc1CC. The highest BCUT2D eigenvalue weighted by atomic mass is 14.9. The smallest absolute Gasteiger partial charge is 0.128 e. The normalized spacial score (nSPS) is 10.8. The van der Waals surface area contributed by atoms with Gasteiger partial charge in [-0.1, -0.05) is 27.7 Å². The van der Waals surface area contributed by atoms with Crippen molar-refractivity contribution in [1.29, 1.82) is 0 Å². The molecule has 0 amide bonds. The number of aryl methyl sites for hydroxylation is 3. The summed E-state index contributed by atoms with van der Waals surface area (Å²) in [5.74, 6) is 0.992. The number of aromatic nitrogens is 2. The van der Waals surface area contributed by atoms with Crippen molar-refractivity contribution in [3.05, 3.63) is 22.8 Å². The lowest BCUT2D eigenvalue weighted by molar-refractivity contribution is 0.697. The molecule has 0 aliphatic carbocycles. The van der Waals surface area contributed by atoms with Gasteiger partial charge in [-0.2, -0.15) is 0 Å². The van der Waals surface area contributed by atoms with E-state index < -0.39 is 0 Å². The molecule has 0 spiro atoms. The zero-order valence-corrected chi connectivity index (χ0v) is 11.6. The molecule has 0 aliphatic heterocycles. The molecule has 0 bridgehead atoms. The van der Waals surface area contributed by atoms with Gasteiger partial charge >= 0.3 is 0 Å². The summed E-state index contributed by atoms with van der Waals surface area (Å²) in [6.07, 6.45) is 3.98. The van der Waals surface area contributed by atoms with Gasteiger partial charge in [0.25, 0.3) is 0 Å². The summed E-state index contributed by atoms with van der Waals surface area (Å²) in [6.45, 7) is 10.7. The first kappa shape index (κ1) is 14.1. The number of nitrogens with zero attached hydrogens (tertiary/aromatic N) is 2. The lowest BCUT2D eigenvalue weighted by Gasteiger charge is -2.13. The van der Waals surface area contributed by atoms with Gasteiger partial charge in [0.05, 0.1) is 0 Å². The average Bonchev–Trinajstić information content (AvgIpc) is 2.38. The van der Waals surface area contributed by atoms with Gasteiger partial charge in [-0.05, 0) is 37.9 Å². The van der Waals surface area contributed by atoms with E-state index in [1.165, 1.54) is 17.0 Å². The second-order valence-electron chi connectivity index (χ2n) is 4.18. The van der Waals surface area contributed by atoms with Gasteiger partial charge < -0.3 is 5.32 Å². The summed E-state index contributed by atoms with van der Waals surface area (Å²) in [6, 6.07) is 0. The zero-order valence-electron chi connectivity index (χ0n) is 11.6. The first-order valence-corrected chi connectivity index (χ1v) is 6.84. The van der Waals surface area contributed by atoms with Gasteiger partial charge in [-0.15, -0.1) is 0 Å². The van der Waals surface area contributed by atoms with Gasteiger partial charge in [0.1, 0.15) is 5.82 Å². The molecule has 0 aromatic carbocycles. The standard InChI is InChI=1S/C14H25N3/c1-5-12-11(9-10-15-8-4)13(6-2)17-14(7-3)16-12/h15H,5-10H2,1-4H3. The highest BCUT2D eigenvalue weighted by Crippen LogP contribution is 2.14. The Morgan fingerprint density at radius 1 is 0.882 bits per heavy atom. The van der Waals surface area contributed by atoms with Crippen molar-refractivity contribution in [3.63, 3.8) is 0 Å². The summed E-state index contributed by atoms with van der Waals surface area (Å²) in [5.41, 5.74) is 3.85. The van der Waals surface area contributed by atoms with Crippen molar-refractivity contribution >= 4 is 0 Å². The summed E-state index contributed by atoms with van der Waals surface area (Å²) in [4.78, 5) is 9.32. The highest BCUT2D eigenvalue weighted by Gasteiger charge is 2.10. The largest absolute Gasteiger partial charge is 0.317 e. The molecule has 0 saturated heterocycles. The third-order valence-corrected chi connectivity index (χ3v) is 3.01. The van der Waals surface area contributed by atoms with Crippen LogP contribution in [0.5, 0.6) is 0 Å². The van der Waals surface area contributed by atoms with Crippen LogP contribution >= 0.6 is 0 Å². The minimum atomic E-state index is 0.924. The molecule has 0 unspecified atom stereocenters. The minimum Gasteiger partial charge on any atom is -0.317 e. The second-order valence-corrected chi connectivity index (χ2v) is 4.18. The molecule has 0 atom stereocenters. The fourth-order valence-corrected chi connectivity index (χ4v) is 2.06. The van der Waals surface area contributed by atoms with Crippen LogP contribution in [0, 0.1) is 0 Å². The number of rotatable bonds is 7. The van der Waals surface area contributed by atoms with Gasteiger partial charge in [0, 0.05) is 17.8 Å². The molecule has 1 aromatic rings. The summed E-state index contributed by atoms with van der Waals surface area (Å²) in [5, 5.41) is 3.37. The molecule has 3 nitrogen and oxygen atoms in total. The topological polar surface area (TPSA) is 37.8 Å². The first-order valence-electron chi connectivity index (χ1n) is 6.84. The van der Waals surface area contributed by atoms with Gasteiger partial charge in [0.15, 0.2) is 0 Å². The van der Waals surface area contributed by atoms with Crippen LogP contribution in [0.25, 0.3) is 0 Å². The molecule has 96 valence electrons. The maximum atomic E-state index is 4.66. The van der Waals surface area contributed by atoms with E-state index >= 15 is 0 Å². The third-order valence-electron chi connectivity index (χ3n) is 3.01. The third kappa shape index (κ3) is 3.77. The number of nitrogens with one attached hydrogen (secondary N) is 1. The van der Waals surface area contributed by atoms with Crippen molar-refractivity contribution in [2.24, 2.45) is 0 Å². The summed E-state index contributed by atoms with van der Waals surface area (Å²) in [7, 11) is 0. The lowest BCUT2D eigenvalue weighted by atomic mass is 10.0. The van der Waals surface area contributed by atoms with Crippen molar-refractivity contribution in [2.75, 3.05) is 13.1 Å². The van der Waals surface area contributed by atoms with Crippen LogP contribution < -0.4 is 5.32 Å². The molecular formula is C14H25N3. The number of hydrogen-bond acceptors (Lipinski definition) is 3. The summed E-state index contributed by atoms with van der Waals surface area (Å²) < 4.78 is 0. The number of hydrogen-bond donors (Lipinski definition) is 1. The summed E-state index contributed by atoms with van der Waals surface area (Å²) >= 11 is 0. The van der Waals surface area contributed by atoms with Crippen LogP contribution in [0.3, 0.4) is 0 Å². The Hall–Kier alpha value is -0.960. The Morgan fingerprint density at radius 2 is 1.47 bits per heavy atom. The number of likely N-dealkylation sites (N-methyl/N-ethyl adjacent to an activating group) is 1. The van der Waals surface area contributed by atoms with E-state index in [9.17, 15) is 0 Å². The Kier molecular flexibility index (Phi) is 6.12. The molecule has 0 fully saturated rings. The van der Waals surface area contributed by atoms with Crippen molar-refractivity contribution in [3.8, 4) is 0 Å². The average molecular weight is 235 g/mol. The van der Waals surface area contributed by atoms with E-state index in [-0.39, 0.29) is 0 Å². The zero-order chi connectivity index (χ0) is 12.7. The molecule has 17 heavy (non-hydrogen) atoms. The predicted molar refractivity (Wildman–Crippen MR) is 72.4 cm³/mol. The molecule has 3 heteroatoms. The van der Waals surface area contributed by atoms with E-state index in [1.807, 2.05) is 0 Å². The lowest BCUT2D eigenvalue weighted by Crippen LogP contribution is -2.19. The Labute approximate surface area is 105 Å². The molecule has 0 radical (unpaired) electrons. The monoisotopic (exact) mass is 235 g/mol. The highest BCUT2D eigenvalue weighted by molar-refractivity contribution is 5.27. The maximum absolute atomic E-state index is 4.66. The van der Waals surface area contributed by atoms with Crippen LogP contribution in [0.4, 0.5) is 0 Å².